The van der Waals surface area contributed by atoms with Crippen LogP contribution in [-0.4, -0.2) is 71.9 Å². The summed E-state index contributed by atoms with van der Waals surface area (Å²) in [7, 11) is 0. The predicted molar refractivity (Wildman–Crippen MR) is 206 cm³/mol. The molecule has 0 radical (unpaired) electrons. The normalized spacial score (nSPS) is 11.0. The molecule has 59 heavy (non-hydrogen) atoms. The van der Waals surface area contributed by atoms with Crippen LogP contribution in [0, 0.1) is 0 Å². The Bertz CT molecular complexity index is 2230. The van der Waals surface area contributed by atoms with Gasteiger partial charge in [-0.2, -0.15) is 36.4 Å². The summed E-state index contributed by atoms with van der Waals surface area (Å²) in [6, 6.07) is 23.8. The van der Waals surface area contributed by atoms with Gasteiger partial charge in [0.05, 0.1) is 43.7 Å². The monoisotopic (exact) mass is 846 g/mol. The Morgan fingerprint density at radius 3 is 1.68 bits per heavy atom. The number of halogens is 7. The second-order valence-electron chi connectivity index (χ2n) is 11.7. The number of aryl methyl sites for hydroxylation is 1. The lowest BCUT2D eigenvalue weighted by Crippen LogP contribution is -2.11. The number of benzene rings is 4. The van der Waals surface area contributed by atoms with Crippen LogP contribution in [0.2, 0.25) is 0 Å². The van der Waals surface area contributed by atoms with Gasteiger partial charge in [0.15, 0.2) is 0 Å². The first-order valence-corrected chi connectivity index (χ1v) is 18.2. The van der Waals surface area contributed by atoms with Crippen LogP contribution in [0.1, 0.15) is 37.8 Å². The minimum absolute atomic E-state index is 0.105. The third-order valence-corrected chi connectivity index (χ3v) is 7.69. The fraction of sp³-hybridized carbons (Fsp3) is 0.263. The summed E-state index contributed by atoms with van der Waals surface area (Å²) < 4.78 is 86.5. The van der Waals surface area contributed by atoms with Crippen molar-refractivity contribution in [3.63, 3.8) is 0 Å². The Labute approximate surface area is 338 Å². The molecular weight excluding hydrogens is 810 g/mol. The smallest absolute Gasteiger partial charge is 0.416 e. The Morgan fingerprint density at radius 2 is 1.20 bits per heavy atom. The number of H-pyrrole nitrogens is 1. The zero-order valence-corrected chi connectivity index (χ0v) is 32.1. The number of carbonyl (C=O) groups is 2. The van der Waals surface area contributed by atoms with Crippen LogP contribution < -0.4 is 10.6 Å². The third-order valence-electron chi connectivity index (χ3n) is 7.50. The van der Waals surface area contributed by atoms with E-state index in [-0.39, 0.29) is 36.4 Å². The maximum Gasteiger partial charge on any atom is 0.416 e. The number of nitrogens with zero attached hydrogens (tertiary/aromatic N) is 7. The number of ether oxygens (including phenoxy) is 2. The number of para-hydroxylation sites is 2. The second kappa shape index (κ2) is 21.8. The fourth-order valence-corrected chi connectivity index (χ4v) is 5.04. The molecule has 312 valence electrons. The number of hydrogen-bond donors (Lipinski definition) is 3. The molecule has 0 fully saturated rings. The number of carbonyl (C=O) groups excluding carboxylic acids is 2. The van der Waals surface area contributed by atoms with Crippen molar-refractivity contribution in [3.05, 3.63) is 108 Å². The number of hydrogen-bond acceptors (Lipinski definition) is 12. The number of esters is 2. The van der Waals surface area contributed by atoms with Crippen molar-refractivity contribution in [2.45, 2.75) is 45.6 Å². The van der Waals surface area contributed by atoms with Crippen molar-refractivity contribution >= 4 is 46.3 Å². The maximum atomic E-state index is 12.9. The largest absolute Gasteiger partial charge is 0.466 e. The molecular formula is C38H37ClF6N10O4. The summed E-state index contributed by atoms with van der Waals surface area (Å²) in [6.45, 7) is 4.43. The molecule has 0 saturated heterocycles. The minimum Gasteiger partial charge on any atom is -0.466 e. The SMILES string of the molecule is CCOC(=O)CCCl.CCOC(=O)CCn1nnc(-c2ccccc2Nc2cccc(C(F)(F)F)c2)n1.FC(F)(F)c1cccc(Nc2ccccc2-c2nn[nH]n2)c1. The average molecular weight is 847 g/mol. The standard InChI is InChI=1S/C19H18F3N5O2.C14H10F3N5.C5H9ClO2/c1-2-29-17(28)10-11-27-25-18(24-26-27)15-8-3-4-9-16(15)23-14-7-5-6-13(12-14)19(20,21)22;15-14(16,17)9-4-3-5-10(8-9)18-12-7-2-1-6-11(12)13-19-21-22-20-13;1-2-8-5(7)3-4-6/h3-9,12,23H,2,10-11H2,1H3;1-8,18H,(H,19,20,21,22);2-4H2,1H3. The highest BCUT2D eigenvalue weighted by Crippen LogP contribution is 2.34. The van der Waals surface area contributed by atoms with Crippen LogP contribution in [0.4, 0.5) is 49.1 Å². The molecule has 2 heterocycles. The zero-order valence-electron chi connectivity index (χ0n) is 31.4. The van der Waals surface area contributed by atoms with Gasteiger partial charge in [-0.05, 0) is 84.9 Å². The molecule has 0 saturated carbocycles. The number of aromatic nitrogens is 8. The number of nitrogens with one attached hydrogen (secondary N) is 3. The van der Waals surface area contributed by atoms with E-state index in [1.165, 1.54) is 23.0 Å². The van der Waals surface area contributed by atoms with Crippen molar-refractivity contribution in [3.8, 4) is 22.8 Å². The van der Waals surface area contributed by atoms with E-state index in [1.807, 2.05) is 0 Å². The van der Waals surface area contributed by atoms with Crippen molar-refractivity contribution in [1.82, 2.24) is 40.8 Å². The molecule has 0 aliphatic rings. The van der Waals surface area contributed by atoms with E-state index in [9.17, 15) is 35.9 Å². The van der Waals surface area contributed by atoms with Gasteiger partial charge in [-0.3, -0.25) is 9.59 Å². The number of rotatable bonds is 13. The van der Waals surface area contributed by atoms with Gasteiger partial charge >= 0.3 is 24.3 Å². The van der Waals surface area contributed by atoms with Crippen LogP contribution in [-0.2, 0) is 38.0 Å². The lowest BCUT2D eigenvalue weighted by Gasteiger charge is -2.12. The van der Waals surface area contributed by atoms with Crippen LogP contribution in [0.3, 0.4) is 0 Å². The molecule has 21 heteroatoms. The van der Waals surface area contributed by atoms with Crippen molar-refractivity contribution in [2.24, 2.45) is 0 Å². The van der Waals surface area contributed by atoms with E-state index in [0.29, 0.717) is 59.5 Å². The van der Waals surface area contributed by atoms with Crippen molar-refractivity contribution in [1.29, 1.82) is 0 Å². The number of anilines is 4. The molecule has 0 bridgehead atoms. The summed E-state index contributed by atoms with van der Waals surface area (Å²) in [4.78, 5) is 23.1. The Kier molecular flexibility index (Phi) is 16.7. The van der Waals surface area contributed by atoms with Gasteiger partial charge in [0.2, 0.25) is 11.6 Å². The highest BCUT2D eigenvalue weighted by molar-refractivity contribution is 6.18. The van der Waals surface area contributed by atoms with Gasteiger partial charge in [0.1, 0.15) is 0 Å². The van der Waals surface area contributed by atoms with Crippen LogP contribution in [0.15, 0.2) is 97.1 Å². The average Bonchev–Trinajstić information content (AvgIpc) is 3.92. The van der Waals surface area contributed by atoms with Gasteiger partial charge < -0.3 is 20.1 Å². The summed E-state index contributed by atoms with van der Waals surface area (Å²) in [5.41, 5.74) is 1.45. The molecule has 3 N–H and O–H groups in total. The first kappa shape index (κ1) is 45.1. The Hall–Kier alpha value is -6.57. The summed E-state index contributed by atoms with van der Waals surface area (Å²) >= 11 is 5.23. The molecule has 14 nitrogen and oxygen atoms in total. The van der Waals surface area contributed by atoms with Crippen LogP contribution in [0.25, 0.3) is 22.8 Å². The summed E-state index contributed by atoms with van der Waals surface area (Å²) in [6.07, 6.45) is -8.39. The van der Waals surface area contributed by atoms with Crippen molar-refractivity contribution < 1.29 is 45.4 Å². The van der Waals surface area contributed by atoms with E-state index in [4.69, 9.17) is 16.3 Å². The van der Waals surface area contributed by atoms with Gasteiger partial charge in [-0.1, -0.05) is 36.4 Å². The highest BCUT2D eigenvalue weighted by atomic mass is 35.5. The molecule has 2 aromatic heterocycles. The Morgan fingerprint density at radius 1 is 0.695 bits per heavy atom. The van der Waals surface area contributed by atoms with Crippen LogP contribution >= 0.6 is 11.6 Å². The van der Waals surface area contributed by atoms with E-state index >= 15 is 0 Å². The summed E-state index contributed by atoms with van der Waals surface area (Å²) in [5.74, 6) is 0.401. The number of tetrazole rings is 2. The van der Waals surface area contributed by atoms with Crippen LogP contribution in [0.5, 0.6) is 0 Å². The predicted octanol–water partition coefficient (Wildman–Crippen LogP) is 8.86. The molecule has 6 rings (SSSR count). The maximum absolute atomic E-state index is 12.9. The van der Waals surface area contributed by atoms with E-state index < -0.39 is 23.5 Å². The topological polar surface area (TPSA) is 175 Å². The first-order valence-electron chi connectivity index (χ1n) is 17.7. The van der Waals surface area contributed by atoms with Crippen molar-refractivity contribution in [2.75, 3.05) is 29.7 Å². The molecule has 0 aliphatic heterocycles. The highest BCUT2D eigenvalue weighted by Gasteiger charge is 2.31. The minimum atomic E-state index is -4.43. The summed E-state index contributed by atoms with van der Waals surface area (Å²) in [5, 5.41) is 31.6. The van der Waals surface area contributed by atoms with Gasteiger partial charge in [-0.15, -0.1) is 32.0 Å². The van der Waals surface area contributed by atoms with Gasteiger partial charge in [0, 0.05) is 39.8 Å². The molecule has 0 amide bonds. The van der Waals surface area contributed by atoms with Gasteiger partial charge in [0.25, 0.3) is 0 Å². The quantitative estimate of drug-likeness (QED) is 0.0573. The number of aromatic amines is 1. The van der Waals surface area contributed by atoms with E-state index in [1.54, 1.807) is 68.4 Å². The molecule has 6 aromatic rings. The molecule has 0 aliphatic carbocycles. The van der Waals surface area contributed by atoms with E-state index in [0.717, 1.165) is 24.3 Å². The van der Waals surface area contributed by atoms with Gasteiger partial charge in [-0.25, -0.2) is 0 Å². The zero-order chi connectivity index (χ0) is 42.8. The number of alkyl halides is 7. The molecule has 0 unspecified atom stereocenters. The second-order valence-corrected chi connectivity index (χ2v) is 12.1. The lowest BCUT2D eigenvalue weighted by molar-refractivity contribution is -0.144. The molecule has 0 spiro atoms. The molecule has 4 aromatic carbocycles. The Balaban J connectivity index is 0.000000226. The fourth-order valence-electron chi connectivity index (χ4n) is 4.89. The molecule has 0 atom stereocenters. The van der Waals surface area contributed by atoms with E-state index in [2.05, 4.69) is 51.4 Å². The third kappa shape index (κ3) is 14.4. The first-order chi connectivity index (χ1) is 28.2. The lowest BCUT2D eigenvalue weighted by atomic mass is 10.1.